The van der Waals surface area contributed by atoms with Gasteiger partial charge in [-0.1, -0.05) is 31.4 Å². The van der Waals surface area contributed by atoms with Crippen LogP contribution in [0.4, 0.5) is 5.69 Å². The van der Waals surface area contributed by atoms with Crippen LogP contribution in [0.15, 0.2) is 6.07 Å². The normalized spacial score (nSPS) is 17.8. The van der Waals surface area contributed by atoms with Gasteiger partial charge in [0.15, 0.2) is 0 Å². The predicted molar refractivity (Wildman–Crippen MR) is 82.3 cm³/mol. The maximum atomic E-state index is 12.1. The molecule has 20 heavy (non-hydrogen) atoms. The van der Waals surface area contributed by atoms with E-state index in [0.717, 1.165) is 35.2 Å². The van der Waals surface area contributed by atoms with E-state index in [4.69, 9.17) is 11.6 Å². The molecule has 0 aromatic heterocycles. The van der Waals surface area contributed by atoms with E-state index in [2.05, 4.69) is 12.2 Å². The molecule has 1 unspecified atom stereocenters. The van der Waals surface area contributed by atoms with Crippen molar-refractivity contribution in [1.82, 2.24) is 0 Å². The van der Waals surface area contributed by atoms with Crippen LogP contribution in [-0.4, -0.2) is 11.0 Å². The van der Waals surface area contributed by atoms with Gasteiger partial charge in [0.05, 0.1) is 16.5 Å². The van der Waals surface area contributed by atoms with Crippen LogP contribution in [0.25, 0.3) is 0 Å². The summed E-state index contributed by atoms with van der Waals surface area (Å²) < 4.78 is 0. The minimum Gasteiger partial charge on any atom is -0.388 e. The molecule has 1 aromatic rings. The number of aliphatic hydroxyl groups excluding tert-OH is 1. The maximum absolute atomic E-state index is 12.1. The average molecular weight is 296 g/mol. The number of halogens is 1. The van der Waals surface area contributed by atoms with Crippen molar-refractivity contribution in [1.29, 1.82) is 0 Å². The zero-order chi connectivity index (χ0) is 15.1. The number of amides is 1. The van der Waals surface area contributed by atoms with E-state index >= 15 is 0 Å². The molecule has 0 radical (unpaired) electrons. The molecule has 2 N–H and O–H groups in total. The number of carbonyl (C=O) groups excluding carboxylic acids is 1. The number of rotatable bonds is 4. The van der Waals surface area contributed by atoms with Gasteiger partial charge in [-0.05, 0) is 49.9 Å². The molecule has 1 amide bonds. The van der Waals surface area contributed by atoms with Crippen molar-refractivity contribution in [2.75, 3.05) is 5.32 Å². The fraction of sp³-hybridized carbons (Fsp3) is 0.562. The minimum atomic E-state index is -0.579. The van der Waals surface area contributed by atoms with E-state index in [0.29, 0.717) is 11.4 Å². The van der Waals surface area contributed by atoms with E-state index in [-0.39, 0.29) is 5.91 Å². The Morgan fingerprint density at radius 3 is 2.70 bits per heavy atom. The number of aliphatic hydroxyl groups is 1. The molecule has 0 fully saturated rings. The van der Waals surface area contributed by atoms with Crippen molar-refractivity contribution in [2.24, 2.45) is 0 Å². The summed E-state index contributed by atoms with van der Waals surface area (Å²) in [6, 6.07) is 1.89. The Balaban J connectivity index is 2.50. The third-order valence-electron chi connectivity index (χ3n) is 4.20. The van der Waals surface area contributed by atoms with Gasteiger partial charge in [0.25, 0.3) is 0 Å². The summed E-state index contributed by atoms with van der Waals surface area (Å²) in [5.74, 6) is -0.0214. The van der Waals surface area contributed by atoms with Gasteiger partial charge in [-0.2, -0.15) is 0 Å². The number of hydrogen-bond donors (Lipinski definition) is 2. The van der Waals surface area contributed by atoms with E-state index < -0.39 is 11.5 Å². The Kier molecular flexibility index (Phi) is 4.12. The van der Waals surface area contributed by atoms with Crippen LogP contribution in [0.5, 0.6) is 0 Å². The zero-order valence-electron chi connectivity index (χ0n) is 12.5. The highest BCUT2D eigenvalue weighted by Gasteiger charge is 2.40. The number of unbranched alkanes of at least 4 members (excludes halogenated alkanes) is 1. The number of anilines is 1. The molecule has 1 heterocycles. The van der Waals surface area contributed by atoms with Crippen LogP contribution in [0.1, 0.15) is 62.8 Å². The molecule has 0 saturated heterocycles. The second kappa shape index (κ2) is 5.38. The lowest BCUT2D eigenvalue weighted by Crippen LogP contribution is -2.26. The van der Waals surface area contributed by atoms with Gasteiger partial charge < -0.3 is 10.4 Å². The van der Waals surface area contributed by atoms with Gasteiger partial charge in [-0.25, -0.2) is 0 Å². The number of hydrogen-bond acceptors (Lipinski definition) is 2. The number of carbonyl (C=O) groups is 1. The summed E-state index contributed by atoms with van der Waals surface area (Å²) in [7, 11) is 0. The van der Waals surface area contributed by atoms with Gasteiger partial charge in [0.1, 0.15) is 0 Å². The van der Waals surface area contributed by atoms with E-state index in [1.54, 1.807) is 0 Å². The van der Waals surface area contributed by atoms with Crippen LogP contribution >= 0.6 is 11.6 Å². The van der Waals surface area contributed by atoms with E-state index in [1.165, 1.54) is 0 Å². The summed E-state index contributed by atoms with van der Waals surface area (Å²) in [6.45, 7) is 7.76. The van der Waals surface area contributed by atoms with Crippen molar-refractivity contribution >= 4 is 23.2 Å². The molecule has 0 saturated carbocycles. The number of fused-ring (bicyclic) bond motifs is 1. The Hall–Kier alpha value is -1.06. The Bertz CT molecular complexity index is 552. The highest BCUT2D eigenvalue weighted by atomic mass is 35.5. The molecular formula is C16H22ClNO2. The van der Waals surface area contributed by atoms with Gasteiger partial charge in [0, 0.05) is 5.69 Å². The summed E-state index contributed by atoms with van der Waals surface area (Å²) in [4.78, 5) is 12.1. The minimum absolute atomic E-state index is 0.0214. The summed E-state index contributed by atoms with van der Waals surface area (Å²) in [6.07, 6.45) is 2.10. The first kappa shape index (κ1) is 15.3. The molecule has 1 aliphatic rings. The lowest BCUT2D eigenvalue weighted by molar-refractivity contribution is -0.119. The molecule has 1 atom stereocenters. The Morgan fingerprint density at radius 1 is 1.45 bits per heavy atom. The lowest BCUT2D eigenvalue weighted by Gasteiger charge is -2.20. The predicted octanol–water partition coefficient (Wildman–Crippen LogP) is 4.10. The maximum Gasteiger partial charge on any atom is 0.234 e. The van der Waals surface area contributed by atoms with Crippen molar-refractivity contribution in [3.05, 3.63) is 27.8 Å². The second-order valence-electron chi connectivity index (χ2n) is 6.06. The molecule has 4 heteroatoms. The molecule has 1 aromatic carbocycles. The largest absolute Gasteiger partial charge is 0.388 e. The highest BCUT2D eigenvalue weighted by molar-refractivity contribution is 6.33. The lowest BCUT2D eigenvalue weighted by atomic mass is 9.83. The van der Waals surface area contributed by atoms with Crippen molar-refractivity contribution in [2.45, 2.75) is 58.5 Å². The van der Waals surface area contributed by atoms with E-state index in [1.807, 2.05) is 26.8 Å². The van der Waals surface area contributed by atoms with Crippen molar-refractivity contribution in [3.63, 3.8) is 0 Å². The van der Waals surface area contributed by atoms with Crippen LogP contribution < -0.4 is 5.32 Å². The summed E-state index contributed by atoms with van der Waals surface area (Å²) >= 11 is 6.38. The monoisotopic (exact) mass is 295 g/mol. The number of nitrogens with one attached hydrogen (secondary N) is 1. The molecule has 1 aliphatic heterocycles. The van der Waals surface area contributed by atoms with E-state index in [9.17, 15) is 9.90 Å². The molecule has 2 rings (SSSR count). The number of benzene rings is 1. The third kappa shape index (κ3) is 2.33. The first-order chi connectivity index (χ1) is 9.30. The van der Waals surface area contributed by atoms with Crippen LogP contribution in [0.3, 0.4) is 0 Å². The fourth-order valence-corrected chi connectivity index (χ4v) is 2.94. The van der Waals surface area contributed by atoms with Gasteiger partial charge in [0.2, 0.25) is 5.91 Å². The quantitative estimate of drug-likeness (QED) is 0.878. The molecule has 0 bridgehead atoms. The summed E-state index contributed by atoms with van der Waals surface area (Å²) in [5, 5.41) is 13.8. The molecule has 0 aliphatic carbocycles. The molecular weight excluding hydrogens is 274 g/mol. The SMILES string of the molecule is CCCCC(O)c1cc2c(c(C)c1Cl)NC(=O)C2(C)C. The Morgan fingerprint density at radius 2 is 2.10 bits per heavy atom. The second-order valence-corrected chi connectivity index (χ2v) is 6.44. The first-order valence-corrected chi connectivity index (χ1v) is 7.51. The molecule has 0 spiro atoms. The van der Waals surface area contributed by atoms with Crippen LogP contribution in [0.2, 0.25) is 5.02 Å². The Labute approximate surface area is 125 Å². The van der Waals surface area contributed by atoms with Crippen molar-refractivity contribution in [3.8, 4) is 0 Å². The molecule has 3 nitrogen and oxygen atoms in total. The van der Waals surface area contributed by atoms with Crippen LogP contribution in [0, 0.1) is 6.92 Å². The van der Waals surface area contributed by atoms with Crippen LogP contribution in [-0.2, 0) is 10.2 Å². The topological polar surface area (TPSA) is 49.3 Å². The van der Waals surface area contributed by atoms with Gasteiger partial charge in [-0.3, -0.25) is 4.79 Å². The fourth-order valence-electron chi connectivity index (χ4n) is 2.66. The average Bonchev–Trinajstić information content (AvgIpc) is 2.62. The third-order valence-corrected chi connectivity index (χ3v) is 4.70. The molecule has 110 valence electrons. The van der Waals surface area contributed by atoms with Gasteiger partial charge >= 0.3 is 0 Å². The van der Waals surface area contributed by atoms with Gasteiger partial charge in [-0.15, -0.1) is 0 Å². The smallest absolute Gasteiger partial charge is 0.234 e. The zero-order valence-corrected chi connectivity index (χ0v) is 13.3. The summed E-state index contributed by atoms with van der Waals surface area (Å²) in [5.41, 5.74) is 2.73. The van der Waals surface area contributed by atoms with Crippen molar-refractivity contribution < 1.29 is 9.90 Å². The highest BCUT2D eigenvalue weighted by Crippen LogP contribution is 2.44. The standard InChI is InChI=1S/C16H22ClNO2/c1-5-6-7-12(19)10-8-11-14(9(2)13(10)17)18-15(20)16(11,3)4/h8,12,19H,5-7H2,1-4H3,(H,18,20). The first-order valence-electron chi connectivity index (χ1n) is 7.13.